The number of aliphatic hydroxyl groups excluding tert-OH is 2. The van der Waals surface area contributed by atoms with E-state index < -0.39 is 0 Å². The van der Waals surface area contributed by atoms with Gasteiger partial charge in [0.15, 0.2) is 0 Å². The summed E-state index contributed by atoms with van der Waals surface area (Å²) in [6.07, 6.45) is 3.20. The molecule has 0 heterocycles. The molecule has 0 saturated heterocycles. The Morgan fingerprint density at radius 3 is 2.40 bits per heavy atom. The smallest absolute Gasteiger partial charge is 0.0574 e. The molecule has 2 aliphatic rings. The molecule has 0 aliphatic heterocycles. The molecule has 2 nitrogen and oxygen atoms in total. The van der Waals surface area contributed by atoms with Crippen LogP contribution in [-0.2, 0) is 0 Å². The lowest BCUT2D eigenvalue weighted by Crippen LogP contribution is -2.18. The van der Waals surface area contributed by atoms with Crippen LogP contribution in [0.5, 0.6) is 0 Å². The zero-order valence-electron chi connectivity index (χ0n) is 6.03. The summed E-state index contributed by atoms with van der Waals surface area (Å²) in [6, 6.07) is 0. The van der Waals surface area contributed by atoms with Crippen molar-refractivity contribution in [3.8, 4) is 0 Å². The summed E-state index contributed by atoms with van der Waals surface area (Å²) >= 11 is 0. The van der Waals surface area contributed by atoms with E-state index in [4.69, 9.17) is 5.11 Å². The summed E-state index contributed by atoms with van der Waals surface area (Å²) < 4.78 is 0. The zero-order valence-corrected chi connectivity index (χ0v) is 6.03. The third kappa shape index (κ3) is 0.722. The lowest BCUT2D eigenvalue weighted by atomic mass is 9.97. The molecule has 2 N–H and O–H groups in total. The van der Waals surface area contributed by atoms with Crippen LogP contribution in [0.4, 0.5) is 0 Å². The molecule has 0 amide bonds. The molecule has 2 rings (SSSR count). The van der Waals surface area contributed by atoms with Crippen LogP contribution >= 0.6 is 0 Å². The van der Waals surface area contributed by atoms with Gasteiger partial charge in [-0.05, 0) is 37.0 Å². The van der Waals surface area contributed by atoms with E-state index in [1.807, 2.05) is 0 Å². The van der Waals surface area contributed by atoms with Crippen molar-refractivity contribution in [2.24, 2.45) is 17.8 Å². The number of hydrogen-bond acceptors (Lipinski definition) is 2. The van der Waals surface area contributed by atoms with E-state index >= 15 is 0 Å². The van der Waals surface area contributed by atoms with E-state index in [1.165, 1.54) is 6.42 Å². The Morgan fingerprint density at radius 1 is 1.30 bits per heavy atom. The molecule has 2 saturated carbocycles. The maximum Gasteiger partial charge on any atom is 0.0574 e. The molecule has 0 aromatic carbocycles. The summed E-state index contributed by atoms with van der Waals surface area (Å²) in [5.41, 5.74) is 0. The Labute approximate surface area is 60.9 Å². The summed E-state index contributed by atoms with van der Waals surface area (Å²) in [5, 5.41) is 18.4. The first-order valence-electron chi connectivity index (χ1n) is 4.12. The largest absolute Gasteiger partial charge is 0.396 e. The van der Waals surface area contributed by atoms with Gasteiger partial charge in [0, 0.05) is 6.61 Å². The molecular weight excluding hydrogens is 128 g/mol. The molecule has 58 valence electrons. The highest BCUT2D eigenvalue weighted by molar-refractivity contribution is 4.96. The van der Waals surface area contributed by atoms with Gasteiger partial charge in [0.05, 0.1) is 6.10 Å². The average Bonchev–Trinajstić information content (AvgIpc) is 2.42. The second-order valence-electron chi connectivity index (χ2n) is 3.65. The first-order chi connectivity index (χ1) is 4.83. The third-order valence-electron chi connectivity index (χ3n) is 3.28. The summed E-state index contributed by atoms with van der Waals surface area (Å²) in [5.74, 6) is 1.48. The van der Waals surface area contributed by atoms with E-state index in [2.05, 4.69) is 0 Å². The minimum atomic E-state index is -0.101. The van der Waals surface area contributed by atoms with Gasteiger partial charge in [0.1, 0.15) is 0 Å². The lowest BCUT2D eigenvalue weighted by molar-refractivity contribution is 0.0974. The van der Waals surface area contributed by atoms with Crippen molar-refractivity contribution < 1.29 is 10.2 Å². The standard InChI is InChI=1S/C8H14O2/c9-4-7-5-1-2-6(7)8(10)3-5/h5-10H,1-4H2/t5-,6-,7+,8-/m1/s1. The summed E-state index contributed by atoms with van der Waals surface area (Å²) in [4.78, 5) is 0. The predicted molar refractivity (Wildman–Crippen MR) is 37.4 cm³/mol. The van der Waals surface area contributed by atoms with Crippen LogP contribution in [0.25, 0.3) is 0 Å². The van der Waals surface area contributed by atoms with Crippen LogP contribution in [0.15, 0.2) is 0 Å². The van der Waals surface area contributed by atoms with Crippen molar-refractivity contribution in [2.45, 2.75) is 25.4 Å². The third-order valence-corrected chi connectivity index (χ3v) is 3.28. The predicted octanol–water partition coefficient (Wildman–Crippen LogP) is 0.386. The van der Waals surface area contributed by atoms with Crippen molar-refractivity contribution in [1.82, 2.24) is 0 Å². The van der Waals surface area contributed by atoms with Crippen molar-refractivity contribution in [3.05, 3.63) is 0 Å². The topological polar surface area (TPSA) is 40.5 Å². The fourth-order valence-electron chi connectivity index (χ4n) is 2.72. The Bertz CT molecular complexity index is 135. The second kappa shape index (κ2) is 2.21. The molecule has 10 heavy (non-hydrogen) atoms. The Kier molecular flexibility index (Phi) is 1.46. The molecule has 0 aromatic rings. The molecule has 2 fully saturated rings. The van der Waals surface area contributed by atoms with Gasteiger partial charge in [-0.15, -0.1) is 0 Å². The SMILES string of the molecule is OC[C@H]1[C@@H]2CC[C@H]1[C@H](O)C2. The van der Waals surface area contributed by atoms with Gasteiger partial charge < -0.3 is 10.2 Å². The van der Waals surface area contributed by atoms with E-state index in [-0.39, 0.29) is 12.7 Å². The Balaban J connectivity index is 2.11. The maximum atomic E-state index is 9.41. The minimum absolute atomic E-state index is 0.101. The number of aliphatic hydroxyl groups is 2. The van der Waals surface area contributed by atoms with Gasteiger partial charge in [0.25, 0.3) is 0 Å². The highest BCUT2D eigenvalue weighted by Crippen LogP contribution is 2.48. The average molecular weight is 142 g/mol. The van der Waals surface area contributed by atoms with Crippen LogP contribution in [-0.4, -0.2) is 22.9 Å². The van der Waals surface area contributed by atoms with Crippen molar-refractivity contribution in [1.29, 1.82) is 0 Å². The first-order valence-corrected chi connectivity index (χ1v) is 4.12. The zero-order chi connectivity index (χ0) is 7.14. The monoisotopic (exact) mass is 142 g/mol. The van der Waals surface area contributed by atoms with E-state index in [1.54, 1.807) is 0 Å². The quantitative estimate of drug-likeness (QED) is 0.556. The highest BCUT2D eigenvalue weighted by atomic mass is 16.3. The van der Waals surface area contributed by atoms with Gasteiger partial charge in [-0.3, -0.25) is 0 Å². The number of hydrogen-bond donors (Lipinski definition) is 2. The molecule has 0 unspecified atom stereocenters. The molecule has 0 radical (unpaired) electrons. The van der Waals surface area contributed by atoms with Crippen molar-refractivity contribution in [2.75, 3.05) is 6.61 Å². The van der Waals surface area contributed by atoms with Gasteiger partial charge in [-0.25, -0.2) is 0 Å². The van der Waals surface area contributed by atoms with E-state index in [0.717, 1.165) is 12.8 Å². The molecule has 2 aliphatic carbocycles. The first kappa shape index (κ1) is 6.62. The summed E-state index contributed by atoms with van der Waals surface area (Å²) in [7, 11) is 0. The van der Waals surface area contributed by atoms with Crippen LogP contribution in [0.3, 0.4) is 0 Å². The normalized spacial score (nSPS) is 52.2. The van der Waals surface area contributed by atoms with E-state index in [9.17, 15) is 5.11 Å². The van der Waals surface area contributed by atoms with Crippen molar-refractivity contribution >= 4 is 0 Å². The van der Waals surface area contributed by atoms with E-state index in [0.29, 0.717) is 17.8 Å². The van der Waals surface area contributed by atoms with Crippen LogP contribution in [0.1, 0.15) is 19.3 Å². The summed E-state index contributed by atoms with van der Waals surface area (Å²) in [6.45, 7) is 0.284. The fourth-order valence-corrected chi connectivity index (χ4v) is 2.72. The molecule has 2 bridgehead atoms. The Morgan fingerprint density at radius 2 is 2.10 bits per heavy atom. The molecule has 0 aromatic heterocycles. The maximum absolute atomic E-state index is 9.41. The fraction of sp³-hybridized carbons (Fsp3) is 1.00. The molecule has 4 atom stereocenters. The van der Waals surface area contributed by atoms with Crippen LogP contribution < -0.4 is 0 Å². The Hall–Kier alpha value is -0.0800. The number of rotatable bonds is 1. The second-order valence-corrected chi connectivity index (χ2v) is 3.65. The van der Waals surface area contributed by atoms with Crippen molar-refractivity contribution in [3.63, 3.8) is 0 Å². The highest BCUT2D eigenvalue weighted by Gasteiger charge is 2.46. The number of fused-ring (bicyclic) bond motifs is 2. The van der Waals surface area contributed by atoms with Crippen LogP contribution in [0, 0.1) is 17.8 Å². The van der Waals surface area contributed by atoms with Gasteiger partial charge in [-0.1, -0.05) is 0 Å². The van der Waals surface area contributed by atoms with Gasteiger partial charge in [-0.2, -0.15) is 0 Å². The van der Waals surface area contributed by atoms with Crippen LogP contribution in [0.2, 0.25) is 0 Å². The lowest BCUT2D eigenvalue weighted by Gasteiger charge is -2.15. The molecule has 2 heteroatoms. The minimum Gasteiger partial charge on any atom is -0.396 e. The molecular formula is C8H14O2. The molecule has 0 spiro atoms. The van der Waals surface area contributed by atoms with Gasteiger partial charge in [0.2, 0.25) is 0 Å². The van der Waals surface area contributed by atoms with Gasteiger partial charge >= 0.3 is 0 Å².